The van der Waals surface area contributed by atoms with E-state index in [9.17, 15) is 0 Å². The first-order valence-electron chi connectivity index (χ1n) is 2.41. The summed E-state index contributed by atoms with van der Waals surface area (Å²) < 4.78 is 4.97. The molecule has 0 unspecified atom stereocenters. The zero-order chi connectivity index (χ0) is 6.69. The maximum absolute atomic E-state index is 8.29. The maximum Gasteiger partial charge on any atom is 0.203 e. The fraction of sp³-hybridized carbons (Fsp3) is 0.167. The fourth-order valence-corrected chi connectivity index (χ4v) is 0.811. The zero-order valence-corrected chi connectivity index (χ0v) is 6.18. The Kier molecular flexibility index (Phi) is 1.91. The van der Waals surface area contributed by atoms with Crippen LogP contribution in [-0.4, -0.2) is 0 Å². The summed E-state index contributed by atoms with van der Waals surface area (Å²) in [6.07, 6.45) is 0. The number of hydrogen-bond acceptors (Lipinski definition) is 2. The monoisotopic (exact) mass is 185 g/mol. The summed E-state index contributed by atoms with van der Waals surface area (Å²) in [6, 6.07) is 5.31. The van der Waals surface area contributed by atoms with Gasteiger partial charge in [-0.2, -0.15) is 5.26 Å². The predicted octanol–water partition coefficient (Wildman–Crippen LogP) is 2.05. The number of alkyl halides is 1. The molecule has 2 nitrogen and oxygen atoms in total. The van der Waals surface area contributed by atoms with Crippen LogP contribution in [0, 0.1) is 11.3 Å². The van der Waals surface area contributed by atoms with Gasteiger partial charge in [0, 0.05) is 0 Å². The maximum atomic E-state index is 8.29. The van der Waals surface area contributed by atoms with Crippen molar-refractivity contribution < 1.29 is 4.42 Å². The predicted molar refractivity (Wildman–Crippen MR) is 36.1 cm³/mol. The van der Waals surface area contributed by atoms with E-state index in [1.54, 1.807) is 12.1 Å². The van der Waals surface area contributed by atoms with Gasteiger partial charge in [-0.1, -0.05) is 15.9 Å². The van der Waals surface area contributed by atoms with Gasteiger partial charge >= 0.3 is 0 Å². The van der Waals surface area contributed by atoms with Crippen LogP contribution in [-0.2, 0) is 5.33 Å². The van der Waals surface area contributed by atoms with Gasteiger partial charge in [0.15, 0.2) is 0 Å². The molecule has 0 amide bonds. The lowest BCUT2D eigenvalue weighted by molar-refractivity contribution is 0.518. The average molecular weight is 186 g/mol. The average Bonchev–Trinajstić information content (AvgIpc) is 2.34. The number of rotatable bonds is 1. The molecule has 0 bridgehead atoms. The second-order valence-corrected chi connectivity index (χ2v) is 2.07. The molecule has 0 atom stereocenters. The highest BCUT2D eigenvalue weighted by Crippen LogP contribution is 2.09. The summed E-state index contributed by atoms with van der Waals surface area (Å²) in [6.45, 7) is 0. The minimum absolute atomic E-state index is 0.365. The summed E-state index contributed by atoms with van der Waals surface area (Å²) in [5, 5.41) is 8.95. The molecule has 0 spiro atoms. The molecule has 46 valence electrons. The molecular formula is C6H4BrNO. The fourth-order valence-electron chi connectivity index (χ4n) is 0.510. The van der Waals surface area contributed by atoms with Crippen molar-refractivity contribution in [3.63, 3.8) is 0 Å². The molecule has 1 heterocycles. The number of hydrogen-bond donors (Lipinski definition) is 0. The molecule has 3 heteroatoms. The molecule has 0 aliphatic carbocycles. The van der Waals surface area contributed by atoms with E-state index in [0.717, 1.165) is 5.76 Å². The van der Waals surface area contributed by atoms with Crippen LogP contribution in [0.25, 0.3) is 0 Å². The molecule has 0 aliphatic rings. The topological polar surface area (TPSA) is 36.9 Å². The van der Waals surface area contributed by atoms with Crippen molar-refractivity contribution in [3.05, 3.63) is 23.7 Å². The molecule has 1 aromatic heterocycles. The highest BCUT2D eigenvalue weighted by atomic mass is 79.9. The van der Waals surface area contributed by atoms with E-state index < -0.39 is 0 Å². The van der Waals surface area contributed by atoms with Crippen molar-refractivity contribution in [2.24, 2.45) is 0 Å². The standard InChI is InChI=1S/C6H4BrNO/c7-3-5-1-2-6(4-8)9-5/h1-2H,3H2. The Hall–Kier alpha value is -0.750. The van der Waals surface area contributed by atoms with Crippen LogP contribution in [0.3, 0.4) is 0 Å². The lowest BCUT2D eigenvalue weighted by Crippen LogP contribution is -1.64. The van der Waals surface area contributed by atoms with Crippen LogP contribution in [0.15, 0.2) is 16.5 Å². The van der Waals surface area contributed by atoms with Crippen molar-refractivity contribution >= 4 is 15.9 Å². The summed E-state index contributed by atoms with van der Waals surface area (Å²) in [7, 11) is 0. The van der Waals surface area contributed by atoms with Crippen molar-refractivity contribution in [1.29, 1.82) is 5.26 Å². The summed E-state index contributed by atoms with van der Waals surface area (Å²) in [5.74, 6) is 1.15. The first-order chi connectivity index (χ1) is 4.36. The van der Waals surface area contributed by atoms with Gasteiger partial charge in [0.1, 0.15) is 11.8 Å². The van der Waals surface area contributed by atoms with Crippen molar-refractivity contribution in [2.75, 3.05) is 0 Å². The third kappa shape index (κ3) is 1.33. The summed E-state index contributed by atoms with van der Waals surface area (Å²) in [5.41, 5.74) is 0. The van der Waals surface area contributed by atoms with Crippen LogP contribution >= 0.6 is 15.9 Å². The van der Waals surface area contributed by atoms with E-state index >= 15 is 0 Å². The third-order valence-electron chi connectivity index (χ3n) is 0.904. The minimum atomic E-state index is 0.365. The van der Waals surface area contributed by atoms with Gasteiger partial charge in [0.2, 0.25) is 5.76 Å². The highest BCUT2D eigenvalue weighted by molar-refractivity contribution is 9.08. The van der Waals surface area contributed by atoms with Crippen LogP contribution < -0.4 is 0 Å². The van der Waals surface area contributed by atoms with Gasteiger partial charge in [-0.15, -0.1) is 0 Å². The second-order valence-electron chi connectivity index (χ2n) is 1.51. The number of nitrogens with zero attached hydrogens (tertiary/aromatic N) is 1. The molecule has 0 aliphatic heterocycles. The molecule has 0 radical (unpaired) electrons. The zero-order valence-electron chi connectivity index (χ0n) is 4.60. The van der Waals surface area contributed by atoms with Crippen LogP contribution in [0.4, 0.5) is 0 Å². The molecule has 9 heavy (non-hydrogen) atoms. The minimum Gasteiger partial charge on any atom is -0.450 e. The largest absolute Gasteiger partial charge is 0.450 e. The molecule has 0 saturated heterocycles. The van der Waals surface area contributed by atoms with Crippen molar-refractivity contribution in [2.45, 2.75) is 5.33 Å². The molecule has 1 rings (SSSR count). The van der Waals surface area contributed by atoms with Gasteiger partial charge in [0.05, 0.1) is 5.33 Å². The van der Waals surface area contributed by atoms with Crippen LogP contribution in [0.1, 0.15) is 11.5 Å². The molecule has 0 fully saturated rings. The van der Waals surface area contributed by atoms with E-state index in [-0.39, 0.29) is 0 Å². The normalized spacial score (nSPS) is 8.89. The molecular weight excluding hydrogens is 182 g/mol. The van der Waals surface area contributed by atoms with Gasteiger partial charge < -0.3 is 4.42 Å². The van der Waals surface area contributed by atoms with Gasteiger partial charge in [0.25, 0.3) is 0 Å². The molecule has 0 aromatic carbocycles. The van der Waals surface area contributed by atoms with Crippen molar-refractivity contribution in [3.8, 4) is 6.07 Å². The second kappa shape index (κ2) is 2.70. The Bertz CT molecular complexity index is 235. The highest BCUT2D eigenvalue weighted by Gasteiger charge is 1.96. The third-order valence-corrected chi connectivity index (χ3v) is 1.46. The Morgan fingerprint density at radius 1 is 1.67 bits per heavy atom. The molecule has 0 saturated carbocycles. The Labute approximate surface area is 61.2 Å². The number of halogens is 1. The van der Waals surface area contributed by atoms with Crippen LogP contribution in [0.5, 0.6) is 0 Å². The van der Waals surface area contributed by atoms with Crippen LogP contribution in [0.2, 0.25) is 0 Å². The Morgan fingerprint density at radius 2 is 2.44 bits per heavy atom. The first kappa shape index (κ1) is 6.37. The number of nitriles is 1. The van der Waals surface area contributed by atoms with Gasteiger partial charge in [-0.25, -0.2) is 0 Å². The summed E-state index contributed by atoms with van der Waals surface area (Å²) in [4.78, 5) is 0. The molecule has 1 aromatic rings. The van der Waals surface area contributed by atoms with E-state index in [1.165, 1.54) is 0 Å². The Morgan fingerprint density at radius 3 is 2.78 bits per heavy atom. The molecule has 0 N–H and O–H groups in total. The van der Waals surface area contributed by atoms with Crippen molar-refractivity contribution in [1.82, 2.24) is 0 Å². The van der Waals surface area contributed by atoms with E-state index in [1.807, 2.05) is 6.07 Å². The van der Waals surface area contributed by atoms with Gasteiger partial charge in [-0.3, -0.25) is 0 Å². The lowest BCUT2D eigenvalue weighted by atomic mass is 10.5. The number of furan rings is 1. The SMILES string of the molecule is N#Cc1ccc(CBr)o1. The van der Waals surface area contributed by atoms with E-state index in [2.05, 4.69) is 15.9 Å². The lowest BCUT2D eigenvalue weighted by Gasteiger charge is -1.80. The van der Waals surface area contributed by atoms with E-state index in [4.69, 9.17) is 9.68 Å². The van der Waals surface area contributed by atoms with E-state index in [0.29, 0.717) is 11.1 Å². The Balaban J connectivity index is 2.90. The first-order valence-corrected chi connectivity index (χ1v) is 3.53. The smallest absolute Gasteiger partial charge is 0.203 e. The summed E-state index contributed by atoms with van der Waals surface area (Å²) >= 11 is 3.20. The quantitative estimate of drug-likeness (QED) is 0.629. The van der Waals surface area contributed by atoms with Gasteiger partial charge in [-0.05, 0) is 12.1 Å².